The Balaban J connectivity index is 2.84. The van der Waals surface area contributed by atoms with Crippen molar-refractivity contribution < 1.29 is 4.74 Å². The number of pyridine rings is 1. The molecule has 0 amide bonds. The maximum absolute atomic E-state index is 5.49. The highest BCUT2D eigenvalue weighted by Crippen LogP contribution is 2.35. The zero-order chi connectivity index (χ0) is 14.9. The second kappa shape index (κ2) is 5.31. The Morgan fingerprint density at radius 2 is 1.95 bits per heavy atom. The van der Waals surface area contributed by atoms with Crippen LogP contribution < -0.4 is 10.1 Å². The first-order chi connectivity index (χ1) is 9.38. The van der Waals surface area contributed by atoms with Crippen LogP contribution in [0.1, 0.15) is 39.0 Å². The number of anilines is 1. The van der Waals surface area contributed by atoms with Gasteiger partial charge in [-0.05, 0) is 31.5 Å². The number of aromatic nitrogens is 1. The fourth-order valence-corrected chi connectivity index (χ4v) is 2.36. The molecule has 0 unspecified atom stereocenters. The second-order valence-electron chi connectivity index (χ2n) is 6.14. The Kier molecular flexibility index (Phi) is 3.89. The van der Waals surface area contributed by atoms with Crippen LogP contribution in [0.3, 0.4) is 0 Å². The fraction of sp³-hybridized carbons (Fsp3) is 0.471. The highest BCUT2D eigenvalue weighted by Gasteiger charge is 2.20. The van der Waals surface area contributed by atoms with E-state index in [9.17, 15) is 0 Å². The monoisotopic (exact) mass is 272 g/mol. The van der Waals surface area contributed by atoms with Gasteiger partial charge in [0, 0.05) is 28.7 Å². The summed E-state index contributed by atoms with van der Waals surface area (Å²) in [6.07, 6.45) is 0. The maximum atomic E-state index is 5.49. The molecule has 0 saturated carbocycles. The van der Waals surface area contributed by atoms with E-state index in [-0.39, 0.29) is 5.41 Å². The molecular weight excluding hydrogens is 248 g/mol. The minimum absolute atomic E-state index is 0.00706. The van der Waals surface area contributed by atoms with E-state index in [0.29, 0.717) is 0 Å². The van der Waals surface area contributed by atoms with Crippen LogP contribution in [0.15, 0.2) is 18.2 Å². The number of aryl methyl sites for hydroxylation is 1. The lowest BCUT2D eigenvalue weighted by molar-refractivity contribution is 0.418. The van der Waals surface area contributed by atoms with Gasteiger partial charge in [-0.15, -0.1) is 0 Å². The summed E-state index contributed by atoms with van der Waals surface area (Å²) in [4.78, 5) is 4.86. The maximum Gasteiger partial charge on any atom is 0.145 e. The smallest absolute Gasteiger partial charge is 0.145 e. The number of ether oxygens (including phenoxy) is 1. The summed E-state index contributed by atoms with van der Waals surface area (Å²) < 4.78 is 5.49. The van der Waals surface area contributed by atoms with Crippen molar-refractivity contribution >= 4 is 16.6 Å². The molecule has 0 atom stereocenters. The molecule has 2 aromatic rings. The second-order valence-corrected chi connectivity index (χ2v) is 6.14. The summed E-state index contributed by atoms with van der Waals surface area (Å²) in [7, 11) is 1.70. The molecule has 0 radical (unpaired) electrons. The Hall–Kier alpha value is -1.77. The largest absolute Gasteiger partial charge is 0.494 e. The van der Waals surface area contributed by atoms with E-state index in [4.69, 9.17) is 9.72 Å². The first kappa shape index (κ1) is 14.6. The Bertz CT molecular complexity index is 627. The van der Waals surface area contributed by atoms with Gasteiger partial charge in [0.05, 0.1) is 7.11 Å². The van der Waals surface area contributed by atoms with Crippen LogP contribution in [0.5, 0.6) is 5.75 Å². The summed E-state index contributed by atoms with van der Waals surface area (Å²) in [6, 6.07) is 6.24. The van der Waals surface area contributed by atoms with E-state index < -0.39 is 0 Å². The van der Waals surface area contributed by atoms with Crippen molar-refractivity contribution in [2.24, 2.45) is 0 Å². The van der Waals surface area contributed by atoms with Gasteiger partial charge in [-0.3, -0.25) is 0 Å². The minimum Gasteiger partial charge on any atom is -0.494 e. The van der Waals surface area contributed by atoms with E-state index in [0.717, 1.165) is 34.6 Å². The summed E-state index contributed by atoms with van der Waals surface area (Å²) in [5, 5.41) is 4.61. The quantitative estimate of drug-likeness (QED) is 0.905. The number of methoxy groups -OCH3 is 1. The summed E-state index contributed by atoms with van der Waals surface area (Å²) in [5.41, 5.74) is 4.37. The van der Waals surface area contributed by atoms with Crippen molar-refractivity contribution in [2.75, 3.05) is 19.0 Å². The molecule has 108 valence electrons. The third kappa shape index (κ3) is 2.58. The molecule has 0 aliphatic heterocycles. The van der Waals surface area contributed by atoms with Gasteiger partial charge in [-0.1, -0.05) is 26.8 Å². The Morgan fingerprint density at radius 1 is 1.25 bits per heavy atom. The average molecular weight is 272 g/mol. The predicted octanol–water partition coefficient (Wildman–Crippen LogP) is 4.28. The van der Waals surface area contributed by atoms with Crippen molar-refractivity contribution in [3.8, 4) is 5.75 Å². The van der Waals surface area contributed by atoms with Crippen LogP contribution in [0.4, 0.5) is 5.69 Å². The molecule has 1 aromatic heterocycles. The number of hydrogen-bond acceptors (Lipinski definition) is 3. The number of benzene rings is 1. The van der Waals surface area contributed by atoms with Crippen molar-refractivity contribution in [3.05, 3.63) is 29.5 Å². The Morgan fingerprint density at radius 3 is 2.50 bits per heavy atom. The molecule has 2 rings (SSSR count). The number of fused-ring (bicyclic) bond motifs is 1. The van der Waals surface area contributed by atoms with Gasteiger partial charge >= 0.3 is 0 Å². The fourth-order valence-electron chi connectivity index (χ4n) is 2.36. The summed E-state index contributed by atoms with van der Waals surface area (Å²) >= 11 is 0. The number of nitrogens with one attached hydrogen (secondary N) is 1. The van der Waals surface area contributed by atoms with Gasteiger partial charge in [0.1, 0.15) is 11.3 Å². The van der Waals surface area contributed by atoms with E-state index in [2.05, 4.69) is 52.1 Å². The van der Waals surface area contributed by atoms with Crippen LogP contribution in [0.2, 0.25) is 0 Å². The number of rotatable bonds is 3. The van der Waals surface area contributed by atoms with E-state index in [1.54, 1.807) is 7.11 Å². The van der Waals surface area contributed by atoms with E-state index >= 15 is 0 Å². The standard InChI is InChI=1S/C17H24N2O/c1-7-18-12-10-14(17(3,4)5)19-16-13(20-6)9-8-11(2)15(12)16/h8-10H,7H2,1-6H3,(H,18,19). The zero-order valence-corrected chi connectivity index (χ0v) is 13.3. The minimum atomic E-state index is 0.00706. The molecule has 1 aromatic carbocycles. The Labute approximate surface area is 121 Å². The van der Waals surface area contributed by atoms with E-state index in [1.807, 2.05) is 6.07 Å². The van der Waals surface area contributed by atoms with Crippen molar-refractivity contribution in [2.45, 2.75) is 40.0 Å². The van der Waals surface area contributed by atoms with Gasteiger partial charge in [0.15, 0.2) is 0 Å². The molecule has 0 bridgehead atoms. The third-order valence-electron chi connectivity index (χ3n) is 3.49. The number of nitrogens with zero attached hydrogens (tertiary/aromatic N) is 1. The van der Waals surface area contributed by atoms with Crippen molar-refractivity contribution in [3.63, 3.8) is 0 Å². The molecule has 0 saturated heterocycles. The predicted molar refractivity (Wildman–Crippen MR) is 85.9 cm³/mol. The van der Waals surface area contributed by atoms with Gasteiger partial charge in [-0.2, -0.15) is 0 Å². The molecule has 1 heterocycles. The van der Waals surface area contributed by atoms with Crippen molar-refractivity contribution in [1.82, 2.24) is 4.98 Å². The molecule has 0 fully saturated rings. The summed E-state index contributed by atoms with van der Waals surface area (Å²) in [5.74, 6) is 0.829. The topological polar surface area (TPSA) is 34.2 Å². The van der Waals surface area contributed by atoms with Crippen LogP contribution in [-0.4, -0.2) is 18.6 Å². The lowest BCUT2D eigenvalue weighted by Gasteiger charge is -2.21. The lowest BCUT2D eigenvalue weighted by atomic mass is 9.90. The molecule has 0 aliphatic carbocycles. The van der Waals surface area contributed by atoms with Gasteiger partial charge in [0.25, 0.3) is 0 Å². The molecule has 1 N–H and O–H groups in total. The summed E-state index contributed by atoms with van der Waals surface area (Å²) in [6.45, 7) is 11.6. The first-order valence-electron chi connectivity index (χ1n) is 7.11. The molecule has 0 spiro atoms. The molecule has 3 heteroatoms. The number of hydrogen-bond donors (Lipinski definition) is 1. The molecule has 0 aliphatic rings. The average Bonchev–Trinajstić information content (AvgIpc) is 2.38. The lowest BCUT2D eigenvalue weighted by Crippen LogP contribution is -2.15. The van der Waals surface area contributed by atoms with Gasteiger partial charge in [0.2, 0.25) is 0 Å². The molecule has 20 heavy (non-hydrogen) atoms. The van der Waals surface area contributed by atoms with Gasteiger partial charge < -0.3 is 10.1 Å². The highest BCUT2D eigenvalue weighted by molar-refractivity contribution is 5.97. The van der Waals surface area contributed by atoms with E-state index in [1.165, 1.54) is 5.56 Å². The third-order valence-corrected chi connectivity index (χ3v) is 3.49. The normalized spacial score (nSPS) is 11.7. The van der Waals surface area contributed by atoms with Crippen LogP contribution in [0, 0.1) is 6.92 Å². The molecule has 3 nitrogen and oxygen atoms in total. The van der Waals surface area contributed by atoms with Crippen molar-refractivity contribution in [1.29, 1.82) is 0 Å². The van der Waals surface area contributed by atoms with Crippen LogP contribution in [-0.2, 0) is 5.41 Å². The first-order valence-corrected chi connectivity index (χ1v) is 7.11. The SMILES string of the molecule is CCNc1cc(C(C)(C)C)nc2c(OC)ccc(C)c12. The van der Waals surface area contributed by atoms with Crippen LogP contribution in [0.25, 0.3) is 10.9 Å². The molecular formula is C17H24N2O. The van der Waals surface area contributed by atoms with Gasteiger partial charge in [-0.25, -0.2) is 4.98 Å². The zero-order valence-electron chi connectivity index (χ0n) is 13.3. The highest BCUT2D eigenvalue weighted by atomic mass is 16.5. The van der Waals surface area contributed by atoms with Crippen LogP contribution >= 0.6 is 0 Å².